The molecule has 8 heteroatoms. The van der Waals surface area contributed by atoms with Crippen LogP contribution in [0.2, 0.25) is 0 Å². The number of hydrogen-bond donors (Lipinski definition) is 2. The standard InChI is InChI=1S/C14H16N4O3S/c1-3-4-8-5-9(7(2)19)12(21-8)18-11-10(22-14(18)20)6-16-13(15)17-11/h6-9,12,19H,5H2,1-2H3,(H2,15,16,17)/t7-,8-,9+,12-/m1/s1. The van der Waals surface area contributed by atoms with Gasteiger partial charge in [-0.3, -0.25) is 9.36 Å². The summed E-state index contributed by atoms with van der Waals surface area (Å²) < 4.78 is 7.97. The molecule has 0 amide bonds. The fraction of sp³-hybridized carbons (Fsp3) is 0.500. The van der Waals surface area contributed by atoms with Gasteiger partial charge in [0.1, 0.15) is 12.3 Å². The molecule has 0 radical (unpaired) electrons. The normalized spacial score (nSPS) is 25.9. The number of rotatable bonds is 2. The van der Waals surface area contributed by atoms with Gasteiger partial charge in [-0.15, -0.1) is 5.92 Å². The summed E-state index contributed by atoms with van der Waals surface area (Å²) >= 11 is 1.03. The molecule has 4 atom stereocenters. The third-order valence-corrected chi connectivity index (χ3v) is 4.59. The predicted octanol–water partition coefficient (Wildman–Crippen LogP) is 0.743. The van der Waals surface area contributed by atoms with Crippen molar-refractivity contribution in [3.05, 3.63) is 15.9 Å². The Morgan fingerprint density at radius 2 is 2.41 bits per heavy atom. The molecule has 1 aliphatic rings. The molecule has 0 bridgehead atoms. The summed E-state index contributed by atoms with van der Waals surface area (Å²) in [5.74, 6) is 5.61. The number of aliphatic hydroxyl groups is 1. The van der Waals surface area contributed by atoms with Crippen LogP contribution < -0.4 is 10.6 Å². The van der Waals surface area contributed by atoms with E-state index in [4.69, 9.17) is 10.5 Å². The Morgan fingerprint density at radius 1 is 1.64 bits per heavy atom. The van der Waals surface area contributed by atoms with Crippen LogP contribution in [0.3, 0.4) is 0 Å². The van der Waals surface area contributed by atoms with Crippen molar-refractivity contribution < 1.29 is 9.84 Å². The minimum absolute atomic E-state index is 0.0931. The van der Waals surface area contributed by atoms with Gasteiger partial charge in [-0.2, -0.15) is 4.98 Å². The van der Waals surface area contributed by atoms with Crippen molar-refractivity contribution >= 4 is 27.6 Å². The van der Waals surface area contributed by atoms with Gasteiger partial charge in [0.2, 0.25) is 5.95 Å². The van der Waals surface area contributed by atoms with Gasteiger partial charge in [0.05, 0.1) is 17.0 Å². The molecule has 3 rings (SSSR count). The third kappa shape index (κ3) is 2.47. The van der Waals surface area contributed by atoms with Crippen LogP contribution in [0.4, 0.5) is 5.95 Å². The highest BCUT2D eigenvalue weighted by Crippen LogP contribution is 2.37. The van der Waals surface area contributed by atoms with Gasteiger partial charge in [-0.05, 0) is 20.3 Å². The summed E-state index contributed by atoms with van der Waals surface area (Å²) in [4.78, 5) is 20.2. The van der Waals surface area contributed by atoms with Crippen molar-refractivity contribution in [3.63, 3.8) is 0 Å². The molecule has 1 aliphatic heterocycles. The number of nitrogens with two attached hydrogens (primary N) is 1. The van der Waals surface area contributed by atoms with Crippen LogP contribution in [-0.2, 0) is 4.74 Å². The highest BCUT2D eigenvalue weighted by molar-refractivity contribution is 7.16. The average Bonchev–Trinajstić information content (AvgIpc) is 2.99. The number of ether oxygens (including phenoxy) is 1. The van der Waals surface area contributed by atoms with Gasteiger partial charge >= 0.3 is 4.87 Å². The maximum atomic E-state index is 12.3. The number of hydrogen-bond acceptors (Lipinski definition) is 7. The van der Waals surface area contributed by atoms with E-state index in [1.807, 2.05) is 0 Å². The summed E-state index contributed by atoms with van der Waals surface area (Å²) in [6, 6.07) is 0. The number of anilines is 1. The maximum absolute atomic E-state index is 12.3. The highest BCUT2D eigenvalue weighted by Gasteiger charge is 2.40. The molecule has 0 saturated carbocycles. The van der Waals surface area contributed by atoms with Gasteiger partial charge in [-0.1, -0.05) is 17.3 Å². The summed E-state index contributed by atoms with van der Waals surface area (Å²) in [6.07, 6.45) is 0.537. The molecular formula is C14H16N4O3S. The second kappa shape index (κ2) is 5.68. The summed E-state index contributed by atoms with van der Waals surface area (Å²) in [5.41, 5.74) is 6.06. The SMILES string of the molecule is CC#C[C@@H]1C[C@@H]([C@@H](C)O)[C@H](n2c(=O)sc3cnc(N)nc32)O1. The molecule has 0 aliphatic carbocycles. The van der Waals surface area contributed by atoms with E-state index >= 15 is 0 Å². The first-order chi connectivity index (χ1) is 10.5. The first-order valence-electron chi connectivity index (χ1n) is 6.90. The molecule has 2 aromatic heterocycles. The molecule has 22 heavy (non-hydrogen) atoms. The summed E-state index contributed by atoms with van der Waals surface area (Å²) in [7, 11) is 0. The number of fused-ring (bicyclic) bond motifs is 1. The van der Waals surface area contributed by atoms with Crippen molar-refractivity contribution in [1.82, 2.24) is 14.5 Å². The number of nitrogens with zero attached hydrogens (tertiary/aromatic N) is 3. The Labute approximate surface area is 130 Å². The van der Waals surface area contributed by atoms with Crippen LogP contribution >= 0.6 is 11.3 Å². The lowest BCUT2D eigenvalue weighted by atomic mass is 9.97. The van der Waals surface area contributed by atoms with E-state index in [1.165, 1.54) is 10.8 Å². The van der Waals surface area contributed by atoms with E-state index in [0.29, 0.717) is 16.8 Å². The minimum atomic E-state index is -0.630. The largest absolute Gasteiger partial charge is 0.393 e. The van der Waals surface area contributed by atoms with Crippen LogP contribution in [0.25, 0.3) is 10.3 Å². The van der Waals surface area contributed by atoms with Crippen LogP contribution in [-0.4, -0.2) is 31.8 Å². The summed E-state index contributed by atoms with van der Waals surface area (Å²) in [5, 5.41) is 10.0. The van der Waals surface area contributed by atoms with Crippen molar-refractivity contribution in [3.8, 4) is 11.8 Å². The van der Waals surface area contributed by atoms with Gasteiger partial charge in [0.25, 0.3) is 0 Å². The first kappa shape index (κ1) is 15.0. The van der Waals surface area contributed by atoms with E-state index in [-0.39, 0.29) is 22.8 Å². The Morgan fingerprint density at radius 3 is 3.09 bits per heavy atom. The van der Waals surface area contributed by atoms with Gasteiger partial charge in [-0.25, -0.2) is 4.98 Å². The smallest absolute Gasteiger partial charge is 0.311 e. The van der Waals surface area contributed by atoms with Gasteiger partial charge < -0.3 is 15.6 Å². The van der Waals surface area contributed by atoms with Crippen LogP contribution in [0.15, 0.2) is 11.0 Å². The quantitative estimate of drug-likeness (QED) is 0.791. The Hall–Kier alpha value is -1.95. The molecule has 0 spiro atoms. The lowest BCUT2D eigenvalue weighted by Crippen LogP contribution is -2.29. The molecule has 1 fully saturated rings. The molecular weight excluding hydrogens is 304 g/mol. The molecule has 0 aromatic carbocycles. The van der Waals surface area contributed by atoms with E-state index in [1.54, 1.807) is 13.8 Å². The second-order valence-corrected chi connectivity index (χ2v) is 6.20. The molecule has 2 aromatic rings. The molecule has 0 unspecified atom stereocenters. The lowest BCUT2D eigenvalue weighted by molar-refractivity contribution is -0.0182. The number of aromatic nitrogens is 3. The predicted molar refractivity (Wildman–Crippen MR) is 83.2 cm³/mol. The van der Waals surface area contributed by atoms with Crippen molar-refractivity contribution in [1.29, 1.82) is 0 Å². The van der Waals surface area contributed by atoms with E-state index < -0.39 is 12.3 Å². The van der Waals surface area contributed by atoms with E-state index in [0.717, 1.165) is 11.3 Å². The topological polar surface area (TPSA) is 103 Å². The van der Waals surface area contributed by atoms with E-state index in [2.05, 4.69) is 21.8 Å². The van der Waals surface area contributed by atoms with E-state index in [9.17, 15) is 9.90 Å². The van der Waals surface area contributed by atoms with Crippen LogP contribution in [0, 0.1) is 17.8 Å². The van der Waals surface area contributed by atoms with Gasteiger partial charge in [0, 0.05) is 5.92 Å². The zero-order chi connectivity index (χ0) is 15.9. The first-order valence-corrected chi connectivity index (χ1v) is 7.72. The second-order valence-electron chi connectivity index (χ2n) is 5.20. The zero-order valence-electron chi connectivity index (χ0n) is 12.2. The van der Waals surface area contributed by atoms with Crippen molar-refractivity contribution in [2.24, 2.45) is 5.92 Å². The average molecular weight is 320 g/mol. The third-order valence-electron chi connectivity index (χ3n) is 3.71. The Bertz CT molecular complexity index is 817. The monoisotopic (exact) mass is 320 g/mol. The number of nitrogen functional groups attached to an aromatic ring is 1. The Kier molecular flexibility index (Phi) is 3.87. The summed E-state index contributed by atoms with van der Waals surface area (Å²) in [6.45, 7) is 3.42. The van der Waals surface area contributed by atoms with Crippen LogP contribution in [0.5, 0.6) is 0 Å². The van der Waals surface area contributed by atoms with Crippen molar-refractivity contribution in [2.45, 2.75) is 38.7 Å². The van der Waals surface area contributed by atoms with Crippen LogP contribution in [0.1, 0.15) is 26.5 Å². The molecule has 3 heterocycles. The molecule has 3 N–H and O–H groups in total. The molecule has 116 valence electrons. The molecule has 7 nitrogen and oxygen atoms in total. The zero-order valence-corrected chi connectivity index (χ0v) is 13.0. The van der Waals surface area contributed by atoms with Crippen molar-refractivity contribution in [2.75, 3.05) is 5.73 Å². The molecule has 1 saturated heterocycles. The minimum Gasteiger partial charge on any atom is -0.393 e. The fourth-order valence-corrected chi connectivity index (χ4v) is 3.52. The highest BCUT2D eigenvalue weighted by atomic mass is 32.1. The number of aliphatic hydroxyl groups excluding tert-OH is 1. The van der Waals surface area contributed by atoms with Gasteiger partial charge in [0.15, 0.2) is 5.65 Å². The fourth-order valence-electron chi connectivity index (χ4n) is 2.70. The Balaban J connectivity index is 2.12. The number of thiazole rings is 1. The lowest BCUT2D eigenvalue weighted by Gasteiger charge is -2.21. The maximum Gasteiger partial charge on any atom is 0.311 e.